The van der Waals surface area contributed by atoms with Crippen LogP contribution in [0.4, 0.5) is 4.32 Å². The van der Waals surface area contributed by atoms with Crippen LogP contribution in [-0.4, -0.2) is 30.1 Å². The van der Waals surface area contributed by atoms with Crippen molar-refractivity contribution in [2.45, 2.75) is 25.8 Å². The zero-order valence-corrected chi connectivity index (χ0v) is 5.96. The van der Waals surface area contributed by atoms with Crippen LogP contribution in [0, 0.1) is 0 Å². The van der Waals surface area contributed by atoms with E-state index in [1.807, 2.05) is 6.92 Å². The zero-order valence-electron chi connectivity index (χ0n) is 5.96. The molecule has 1 heterocycles. The van der Waals surface area contributed by atoms with Crippen molar-refractivity contribution in [3.8, 4) is 0 Å². The first-order valence-electron chi connectivity index (χ1n) is 3.45. The molecule has 1 atom stereocenters. The molecule has 3 nitrogen and oxygen atoms in total. The molecule has 0 saturated carbocycles. The Morgan fingerprint density at radius 2 is 2.50 bits per heavy atom. The van der Waals surface area contributed by atoms with Gasteiger partial charge in [-0.1, -0.05) is 0 Å². The molecule has 0 aromatic carbocycles. The van der Waals surface area contributed by atoms with E-state index in [0.29, 0.717) is 6.54 Å². The Morgan fingerprint density at radius 1 is 1.80 bits per heavy atom. The molecule has 1 unspecified atom stereocenters. The minimum absolute atomic E-state index is 0.227. The SMILES string of the molecule is CC1CCCN1OB(O)F. The smallest absolute Gasteiger partial charge is 0.397 e. The van der Waals surface area contributed by atoms with E-state index in [4.69, 9.17) is 5.02 Å². The topological polar surface area (TPSA) is 32.7 Å². The molecule has 0 aromatic heterocycles. The summed E-state index contributed by atoms with van der Waals surface area (Å²) in [6, 6.07) is 0.227. The Hall–Kier alpha value is -0.125. The Morgan fingerprint density at radius 3 is 2.90 bits per heavy atom. The molecule has 0 aromatic rings. The average Bonchev–Trinajstić information content (AvgIpc) is 2.15. The normalized spacial score (nSPS) is 27.3. The van der Waals surface area contributed by atoms with Crippen LogP contribution in [0.5, 0.6) is 0 Å². The fourth-order valence-corrected chi connectivity index (χ4v) is 1.18. The molecule has 0 radical (unpaired) electrons. The van der Waals surface area contributed by atoms with Gasteiger partial charge in [0.2, 0.25) is 0 Å². The minimum atomic E-state index is -2.17. The van der Waals surface area contributed by atoms with Gasteiger partial charge in [-0.05, 0) is 19.8 Å². The van der Waals surface area contributed by atoms with Crippen LogP contribution in [-0.2, 0) is 4.76 Å². The Labute approximate surface area is 59.9 Å². The maximum atomic E-state index is 11.8. The molecule has 1 saturated heterocycles. The second-order valence-corrected chi connectivity index (χ2v) is 2.53. The van der Waals surface area contributed by atoms with E-state index in [1.165, 1.54) is 5.06 Å². The first-order chi connectivity index (χ1) is 4.70. The fraction of sp³-hybridized carbons (Fsp3) is 1.00. The van der Waals surface area contributed by atoms with Gasteiger partial charge in [-0.25, -0.2) is 0 Å². The summed E-state index contributed by atoms with van der Waals surface area (Å²) in [5, 5.41) is 9.68. The third-order valence-corrected chi connectivity index (χ3v) is 1.71. The summed E-state index contributed by atoms with van der Waals surface area (Å²) in [7, 11) is -2.17. The average molecular weight is 147 g/mol. The van der Waals surface area contributed by atoms with Crippen LogP contribution >= 0.6 is 0 Å². The molecule has 0 spiro atoms. The summed E-state index contributed by atoms with van der Waals surface area (Å²) in [5.41, 5.74) is 0. The molecule has 58 valence electrons. The molecule has 0 aliphatic carbocycles. The van der Waals surface area contributed by atoms with Gasteiger partial charge in [0.15, 0.2) is 0 Å². The third kappa shape index (κ3) is 1.93. The molecule has 0 bridgehead atoms. The first-order valence-corrected chi connectivity index (χ1v) is 3.45. The summed E-state index contributed by atoms with van der Waals surface area (Å²) >= 11 is 0. The predicted octanol–water partition coefficient (Wildman–Crippen LogP) is 0.349. The van der Waals surface area contributed by atoms with E-state index in [0.717, 1.165) is 12.8 Å². The number of rotatable bonds is 2. The zero-order chi connectivity index (χ0) is 7.56. The molecule has 1 aliphatic rings. The summed E-state index contributed by atoms with van der Waals surface area (Å²) in [4.78, 5) is 0. The summed E-state index contributed by atoms with van der Waals surface area (Å²) in [6.45, 7) is 2.65. The number of hydrogen-bond acceptors (Lipinski definition) is 3. The van der Waals surface area contributed by atoms with Crippen molar-refractivity contribution in [1.82, 2.24) is 5.06 Å². The second kappa shape index (κ2) is 3.32. The van der Waals surface area contributed by atoms with E-state index in [9.17, 15) is 4.32 Å². The summed E-state index contributed by atoms with van der Waals surface area (Å²) in [5.74, 6) is 0. The number of nitrogens with zero attached hydrogens (tertiary/aromatic N) is 1. The number of halogens is 1. The van der Waals surface area contributed by atoms with Gasteiger partial charge in [0.25, 0.3) is 0 Å². The Bertz CT molecular complexity index is 114. The molecule has 0 amide bonds. The number of hydroxylamine groups is 2. The highest BCUT2D eigenvalue weighted by molar-refractivity contribution is 6.33. The van der Waals surface area contributed by atoms with Crippen LogP contribution in [0.3, 0.4) is 0 Å². The van der Waals surface area contributed by atoms with E-state index >= 15 is 0 Å². The van der Waals surface area contributed by atoms with Gasteiger partial charge in [-0.3, -0.25) is 9.07 Å². The lowest BCUT2D eigenvalue weighted by atomic mass is 10.3. The number of hydrogen-bond donors (Lipinski definition) is 1. The molecule has 1 aliphatic heterocycles. The van der Waals surface area contributed by atoms with Crippen molar-refractivity contribution in [2.75, 3.05) is 6.54 Å². The molecule has 5 heteroatoms. The molecule has 10 heavy (non-hydrogen) atoms. The lowest BCUT2D eigenvalue weighted by Gasteiger charge is -2.18. The maximum Gasteiger partial charge on any atom is 0.695 e. The quantitative estimate of drug-likeness (QED) is 0.572. The van der Waals surface area contributed by atoms with Crippen molar-refractivity contribution in [1.29, 1.82) is 0 Å². The molecular weight excluding hydrogens is 136 g/mol. The monoisotopic (exact) mass is 147 g/mol. The van der Waals surface area contributed by atoms with Crippen LogP contribution in [0.25, 0.3) is 0 Å². The van der Waals surface area contributed by atoms with Gasteiger partial charge in [0.1, 0.15) is 0 Å². The fourth-order valence-electron chi connectivity index (χ4n) is 1.18. The maximum absolute atomic E-state index is 11.8. The van der Waals surface area contributed by atoms with Gasteiger partial charge < -0.3 is 5.02 Å². The minimum Gasteiger partial charge on any atom is -0.397 e. The third-order valence-electron chi connectivity index (χ3n) is 1.71. The van der Waals surface area contributed by atoms with Crippen LogP contribution < -0.4 is 0 Å². The molecule has 1 rings (SSSR count). The lowest BCUT2D eigenvalue weighted by molar-refractivity contribution is -0.0936. The molecular formula is C5H11BFNO2. The molecule has 1 fully saturated rings. The first kappa shape index (κ1) is 7.98. The van der Waals surface area contributed by atoms with Crippen molar-refractivity contribution >= 4 is 7.40 Å². The van der Waals surface area contributed by atoms with Crippen molar-refractivity contribution in [2.24, 2.45) is 0 Å². The Kier molecular flexibility index (Phi) is 2.65. The van der Waals surface area contributed by atoms with Gasteiger partial charge >= 0.3 is 7.40 Å². The summed E-state index contributed by atoms with van der Waals surface area (Å²) in [6.07, 6.45) is 2.01. The summed E-state index contributed by atoms with van der Waals surface area (Å²) < 4.78 is 16.3. The van der Waals surface area contributed by atoms with E-state index < -0.39 is 7.40 Å². The van der Waals surface area contributed by atoms with E-state index in [2.05, 4.69) is 4.76 Å². The van der Waals surface area contributed by atoms with Crippen LogP contribution in [0.1, 0.15) is 19.8 Å². The Balaban J connectivity index is 2.26. The lowest BCUT2D eigenvalue weighted by Crippen LogP contribution is -2.32. The predicted molar refractivity (Wildman–Crippen MR) is 35.6 cm³/mol. The van der Waals surface area contributed by atoms with Gasteiger partial charge in [-0.15, -0.1) is 0 Å². The van der Waals surface area contributed by atoms with Crippen LogP contribution in [0.15, 0.2) is 0 Å². The van der Waals surface area contributed by atoms with Crippen molar-refractivity contribution < 1.29 is 14.1 Å². The van der Waals surface area contributed by atoms with Gasteiger partial charge in [0, 0.05) is 12.6 Å². The molecule has 1 N–H and O–H groups in total. The highest BCUT2D eigenvalue weighted by Crippen LogP contribution is 2.16. The van der Waals surface area contributed by atoms with Gasteiger partial charge in [0.05, 0.1) is 0 Å². The second-order valence-electron chi connectivity index (χ2n) is 2.53. The highest BCUT2D eigenvalue weighted by atomic mass is 19.1. The van der Waals surface area contributed by atoms with Gasteiger partial charge in [-0.2, -0.15) is 5.06 Å². The standard InChI is InChI=1S/C5H11BFNO2/c1-5-3-2-4-8(5)10-6(7)9/h5,9H,2-4H2,1H3. The van der Waals surface area contributed by atoms with Crippen molar-refractivity contribution in [3.05, 3.63) is 0 Å². The largest absolute Gasteiger partial charge is 0.695 e. The van der Waals surface area contributed by atoms with Crippen LogP contribution in [0.2, 0.25) is 0 Å². The highest BCUT2D eigenvalue weighted by Gasteiger charge is 2.26. The van der Waals surface area contributed by atoms with E-state index in [1.54, 1.807) is 0 Å². The van der Waals surface area contributed by atoms with Crippen molar-refractivity contribution in [3.63, 3.8) is 0 Å². The van der Waals surface area contributed by atoms with E-state index in [-0.39, 0.29) is 6.04 Å².